The third-order valence-electron chi connectivity index (χ3n) is 3.17. The van der Waals surface area contributed by atoms with E-state index in [1.807, 2.05) is 6.92 Å². The lowest BCUT2D eigenvalue weighted by Gasteiger charge is -2.17. The van der Waals surface area contributed by atoms with Gasteiger partial charge in [-0.15, -0.1) is 0 Å². The third kappa shape index (κ3) is 3.36. The van der Waals surface area contributed by atoms with Crippen molar-refractivity contribution in [3.8, 4) is 0 Å². The Kier molecular flexibility index (Phi) is 4.74. The third-order valence-corrected chi connectivity index (χ3v) is 4.53. The normalized spacial score (nSPS) is 22.6. The van der Waals surface area contributed by atoms with Gasteiger partial charge in [0, 0.05) is 6.04 Å². The standard InChI is InChI=1S/C13H18N2O4S/c1-2-14-12-9-19-8-11(12)13(16)15-20(17,18)10-6-4-3-5-7-10/h3-7,11-12,14H,2,8-9H2,1H3,(H,15,16). The Morgan fingerprint density at radius 1 is 1.30 bits per heavy atom. The van der Waals surface area contributed by atoms with Gasteiger partial charge in [0.05, 0.1) is 24.0 Å². The smallest absolute Gasteiger partial charge is 0.264 e. The Bertz CT molecular complexity index is 559. The monoisotopic (exact) mass is 298 g/mol. The first-order chi connectivity index (χ1) is 9.54. The lowest BCUT2D eigenvalue weighted by atomic mass is 10.0. The molecule has 2 atom stereocenters. The number of carbonyl (C=O) groups is 1. The summed E-state index contributed by atoms with van der Waals surface area (Å²) in [5.74, 6) is -1.02. The maximum absolute atomic E-state index is 12.1. The number of hydrogen-bond donors (Lipinski definition) is 2. The molecule has 0 aliphatic carbocycles. The zero-order valence-electron chi connectivity index (χ0n) is 11.2. The summed E-state index contributed by atoms with van der Waals surface area (Å²) in [6, 6.07) is 7.68. The van der Waals surface area contributed by atoms with Crippen LogP contribution in [0.2, 0.25) is 0 Å². The molecule has 7 heteroatoms. The van der Waals surface area contributed by atoms with Crippen molar-refractivity contribution < 1.29 is 17.9 Å². The van der Waals surface area contributed by atoms with E-state index in [1.165, 1.54) is 12.1 Å². The molecule has 0 bridgehead atoms. The van der Waals surface area contributed by atoms with Gasteiger partial charge in [0.2, 0.25) is 5.91 Å². The van der Waals surface area contributed by atoms with Crippen LogP contribution in [0.3, 0.4) is 0 Å². The highest BCUT2D eigenvalue weighted by molar-refractivity contribution is 7.90. The Morgan fingerprint density at radius 2 is 2.00 bits per heavy atom. The van der Waals surface area contributed by atoms with Crippen molar-refractivity contribution in [2.45, 2.75) is 17.9 Å². The Hall–Kier alpha value is -1.44. The molecule has 0 spiro atoms. The molecule has 110 valence electrons. The van der Waals surface area contributed by atoms with E-state index in [0.29, 0.717) is 13.2 Å². The second-order valence-electron chi connectivity index (χ2n) is 4.59. The van der Waals surface area contributed by atoms with Crippen LogP contribution in [0.15, 0.2) is 35.2 Å². The summed E-state index contributed by atoms with van der Waals surface area (Å²) in [5, 5.41) is 3.12. The number of rotatable bonds is 5. The number of hydrogen-bond acceptors (Lipinski definition) is 5. The zero-order valence-corrected chi connectivity index (χ0v) is 12.0. The molecule has 6 nitrogen and oxygen atoms in total. The molecule has 1 aliphatic heterocycles. The number of nitrogens with one attached hydrogen (secondary N) is 2. The van der Waals surface area contributed by atoms with Crippen molar-refractivity contribution in [2.75, 3.05) is 19.8 Å². The molecule has 20 heavy (non-hydrogen) atoms. The maximum Gasteiger partial charge on any atom is 0.264 e. The van der Waals surface area contributed by atoms with Gasteiger partial charge in [0.15, 0.2) is 0 Å². The predicted molar refractivity (Wildman–Crippen MR) is 73.5 cm³/mol. The summed E-state index contributed by atoms with van der Waals surface area (Å²) in [6.45, 7) is 3.27. The van der Waals surface area contributed by atoms with Gasteiger partial charge in [-0.2, -0.15) is 0 Å². The van der Waals surface area contributed by atoms with Crippen molar-refractivity contribution in [3.05, 3.63) is 30.3 Å². The quantitative estimate of drug-likeness (QED) is 0.806. The minimum atomic E-state index is -3.82. The van der Waals surface area contributed by atoms with Crippen LogP contribution in [0.5, 0.6) is 0 Å². The molecule has 2 unspecified atom stereocenters. The fourth-order valence-electron chi connectivity index (χ4n) is 2.14. The molecule has 0 aromatic heterocycles. The molecule has 1 aromatic carbocycles. The van der Waals surface area contributed by atoms with Gasteiger partial charge in [-0.3, -0.25) is 4.79 Å². The Labute approximate surface area is 118 Å². The van der Waals surface area contributed by atoms with Crippen molar-refractivity contribution in [2.24, 2.45) is 5.92 Å². The predicted octanol–water partition coefficient (Wildman–Crippen LogP) is 0.116. The number of carbonyl (C=O) groups excluding carboxylic acids is 1. The second kappa shape index (κ2) is 6.34. The van der Waals surface area contributed by atoms with Gasteiger partial charge in [-0.1, -0.05) is 25.1 Å². The van der Waals surface area contributed by atoms with E-state index in [-0.39, 0.29) is 17.5 Å². The summed E-state index contributed by atoms with van der Waals surface area (Å²) >= 11 is 0. The molecular formula is C13H18N2O4S. The van der Waals surface area contributed by atoms with Crippen LogP contribution < -0.4 is 10.0 Å². The van der Waals surface area contributed by atoms with E-state index in [2.05, 4.69) is 10.0 Å². The first-order valence-electron chi connectivity index (χ1n) is 6.47. The largest absolute Gasteiger partial charge is 0.379 e. The highest BCUT2D eigenvalue weighted by Gasteiger charge is 2.35. The summed E-state index contributed by atoms with van der Waals surface area (Å²) in [6.07, 6.45) is 0. The van der Waals surface area contributed by atoms with E-state index in [9.17, 15) is 13.2 Å². The van der Waals surface area contributed by atoms with Crippen LogP contribution in [0.25, 0.3) is 0 Å². The summed E-state index contributed by atoms with van der Waals surface area (Å²) in [7, 11) is -3.82. The minimum absolute atomic E-state index is 0.0762. The molecule has 1 amide bonds. The Balaban J connectivity index is 2.08. The van der Waals surface area contributed by atoms with Crippen molar-refractivity contribution in [1.82, 2.24) is 10.0 Å². The summed E-state index contributed by atoms with van der Waals surface area (Å²) in [5.41, 5.74) is 0. The maximum atomic E-state index is 12.1. The number of amides is 1. The molecule has 1 fully saturated rings. The van der Waals surface area contributed by atoms with Crippen LogP contribution in [0, 0.1) is 5.92 Å². The van der Waals surface area contributed by atoms with Crippen LogP contribution in [0.1, 0.15) is 6.92 Å². The van der Waals surface area contributed by atoms with Gasteiger partial charge in [0.25, 0.3) is 10.0 Å². The fraction of sp³-hybridized carbons (Fsp3) is 0.462. The van der Waals surface area contributed by atoms with Crippen LogP contribution in [-0.2, 0) is 19.6 Å². The van der Waals surface area contributed by atoms with E-state index in [0.717, 1.165) is 0 Å². The number of likely N-dealkylation sites (N-methyl/N-ethyl adjacent to an activating group) is 1. The molecule has 0 saturated carbocycles. The second-order valence-corrected chi connectivity index (χ2v) is 6.27. The zero-order chi connectivity index (χ0) is 14.6. The molecule has 0 radical (unpaired) electrons. The van der Waals surface area contributed by atoms with E-state index in [4.69, 9.17) is 4.74 Å². The molecular weight excluding hydrogens is 280 g/mol. The van der Waals surface area contributed by atoms with Crippen LogP contribution >= 0.6 is 0 Å². The first kappa shape index (κ1) is 15.0. The van der Waals surface area contributed by atoms with Crippen molar-refractivity contribution in [3.63, 3.8) is 0 Å². The van der Waals surface area contributed by atoms with Crippen LogP contribution in [0.4, 0.5) is 0 Å². The van der Waals surface area contributed by atoms with E-state index < -0.39 is 21.8 Å². The summed E-state index contributed by atoms with van der Waals surface area (Å²) in [4.78, 5) is 12.2. The molecule has 1 heterocycles. The Morgan fingerprint density at radius 3 is 2.65 bits per heavy atom. The van der Waals surface area contributed by atoms with Crippen molar-refractivity contribution in [1.29, 1.82) is 0 Å². The van der Waals surface area contributed by atoms with E-state index >= 15 is 0 Å². The molecule has 2 rings (SSSR count). The van der Waals surface area contributed by atoms with Crippen molar-refractivity contribution >= 4 is 15.9 Å². The van der Waals surface area contributed by atoms with Gasteiger partial charge >= 0.3 is 0 Å². The fourth-order valence-corrected chi connectivity index (χ4v) is 3.19. The highest BCUT2D eigenvalue weighted by atomic mass is 32.2. The molecule has 1 aromatic rings. The molecule has 1 aliphatic rings. The highest BCUT2D eigenvalue weighted by Crippen LogP contribution is 2.15. The number of sulfonamides is 1. The molecule has 1 saturated heterocycles. The van der Waals surface area contributed by atoms with Gasteiger partial charge in [-0.25, -0.2) is 13.1 Å². The summed E-state index contributed by atoms with van der Waals surface area (Å²) < 4.78 is 31.5. The van der Waals surface area contributed by atoms with Gasteiger partial charge in [0.1, 0.15) is 0 Å². The minimum Gasteiger partial charge on any atom is -0.379 e. The average molecular weight is 298 g/mol. The average Bonchev–Trinajstić information content (AvgIpc) is 2.88. The lowest BCUT2D eigenvalue weighted by molar-refractivity contribution is -0.123. The van der Waals surface area contributed by atoms with Gasteiger partial charge in [-0.05, 0) is 18.7 Å². The van der Waals surface area contributed by atoms with E-state index in [1.54, 1.807) is 18.2 Å². The SMILES string of the molecule is CCNC1COCC1C(=O)NS(=O)(=O)c1ccccc1. The lowest BCUT2D eigenvalue weighted by Crippen LogP contribution is -2.45. The number of ether oxygens (including phenoxy) is 1. The first-order valence-corrected chi connectivity index (χ1v) is 7.95. The topological polar surface area (TPSA) is 84.5 Å². The molecule has 2 N–H and O–H groups in total. The van der Waals surface area contributed by atoms with Crippen LogP contribution in [-0.4, -0.2) is 40.1 Å². The van der Waals surface area contributed by atoms with Gasteiger partial charge < -0.3 is 10.1 Å². The number of benzene rings is 1.